The fraction of sp³-hybridized carbons (Fsp3) is 0.913. The third-order valence-electron chi connectivity index (χ3n) is 9.17. The van der Waals surface area contributed by atoms with Crippen LogP contribution in [-0.4, -0.2) is 35.4 Å². The minimum atomic E-state index is -0.277. The number of aliphatic hydroxyl groups is 1. The molecule has 0 aliphatic heterocycles. The van der Waals surface area contributed by atoms with E-state index in [0.717, 1.165) is 51.4 Å². The average Bonchev–Trinajstić information content (AvgIpc) is 2.92. The first kappa shape index (κ1) is 20.2. The van der Waals surface area contributed by atoms with E-state index in [-0.39, 0.29) is 47.0 Å². The topological polar surface area (TPSA) is 72.8 Å². The van der Waals surface area contributed by atoms with Crippen LogP contribution in [0.25, 0.3) is 0 Å². The summed E-state index contributed by atoms with van der Waals surface area (Å²) in [5, 5.41) is 10.3. The number of fused-ring (bicyclic) bond motifs is 5. The molecular weight excluding hydrogens is 356 g/mol. The van der Waals surface area contributed by atoms with Crippen molar-refractivity contribution < 1.29 is 24.2 Å². The highest BCUT2D eigenvalue weighted by atomic mass is 16.5. The molecule has 0 radical (unpaired) electrons. The van der Waals surface area contributed by atoms with Crippen LogP contribution in [0.15, 0.2) is 0 Å². The van der Waals surface area contributed by atoms with Crippen LogP contribution in [0.5, 0.6) is 0 Å². The zero-order valence-electron chi connectivity index (χ0n) is 17.8. The van der Waals surface area contributed by atoms with Crippen LogP contribution in [0.1, 0.15) is 79.1 Å². The van der Waals surface area contributed by atoms with Crippen molar-refractivity contribution in [1.29, 1.82) is 0 Å². The Kier molecular flexibility index (Phi) is 5.05. The fourth-order valence-electron chi connectivity index (χ4n) is 7.94. The highest BCUT2D eigenvalue weighted by Gasteiger charge is 2.63. The van der Waals surface area contributed by atoms with Gasteiger partial charge in [0.25, 0.3) is 0 Å². The van der Waals surface area contributed by atoms with Crippen molar-refractivity contribution in [2.75, 3.05) is 0 Å². The second-order valence-corrected chi connectivity index (χ2v) is 10.5. The first-order valence-electron chi connectivity index (χ1n) is 11.2. The van der Waals surface area contributed by atoms with E-state index < -0.39 is 0 Å². The Hall–Kier alpha value is -1.10. The van der Waals surface area contributed by atoms with E-state index in [1.807, 2.05) is 0 Å². The third kappa shape index (κ3) is 3.09. The predicted octanol–water partition coefficient (Wildman–Crippen LogP) is 3.86. The zero-order valence-corrected chi connectivity index (χ0v) is 17.8. The molecule has 4 aliphatic rings. The van der Waals surface area contributed by atoms with Crippen LogP contribution in [-0.2, 0) is 19.1 Å². The van der Waals surface area contributed by atoms with Gasteiger partial charge in [-0.1, -0.05) is 13.8 Å². The zero-order chi connectivity index (χ0) is 20.3. The van der Waals surface area contributed by atoms with Crippen LogP contribution in [0, 0.1) is 34.5 Å². The molecule has 9 atom stereocenters. The summed E-state index contributed by atoms with van der Waals surface area (Å²) >= 11 is 0. The van der Waals surface area contributed by atoms with Crippen LogP contribution in [0.4, 0.5) is 0 Å². The molecule has 0 aromatic heterocycles. The Morgan fingerprint density at radius 2 is 1.46 bits per heavy atom. The molecule has 0 saturated heterocycles. The van der Waals surface area contributed by atoms with Gasteiger partial charge in [0.1, 0.15) is 12.2 Å². The summed E-state index contributed by atoms with van der Waals surface area (Å²) in [7, 11) is 0. The Balaban J connectivity index is 1.65. The van der Waals surface area contributed by atoms with E-state index in [2.05, 4.69) is 13.8 Å². The smallest absolute Gasteiger partial charge is 0.302 e. The molecule has 5 nitrogen and oxygen atoms in total. The van der Waals surface area contributed by atoms with E-state index in [0.29, 0.717) is 17.8 Å². The first-order valence-corrected chi connectivity index (χ1v) is 11.2. The molecule has 4 rings (SSSR count). The van der Waals surface area contributed by atoms with Crippen LogP contribution >= 0.6 is 0 Å². The highest BCUT2D eigenvalue weighted by Crippen LogP contribution is 2.66. The summed E-state index contributed by atoms with van der Waals surface area (Å²) in [4.78, 5) is 23.5. The van der Waals surface area contributed by atoms with Crippen molar-refractivity contribution in [3.63, 3.8) is 0 Å². The number of hydrogen-bond acceptors (Lipinski definition) is 5. The maximum Gasteiger partial charge on any atom is 0.302 e. The van der Waals surface area contributed by atoms with Crippen molar-refractivity contribution in [2.24, 2.45) is 34.5 Å². The average molecular weight is 393 g/mol. The quantitative estimate of drug-likeness (QED) is 0.723. The summed E-state index contributed by atoms with van der Waals surface area (Å²) in [5.74, 6) is 1.47. The van der Waals surface area contributed by atoms with Gasteiger partial charge in [-0.25, -0.2) is 0 Å². The summed E-state index contributed by atoms with van der Waals surface area (Å²) in [6.07, 6.45) is 7.41. The van der Waals surface area contributed by atoms with Crippen LogP contribution < -0.4 is 0 Å². The van der Waals surface area contributed by atoms with Gasteiger partial charge >= 0.3 is 11.9 Å². The van der Waals surface area contributed by atoms with Gasteiger partial charge in [0.05, 0.1) is 6.10 Å². The summed E-state index contributed by atoms with van der Waals surface area (Å²) in [6, 6.07) is 0. The lowest BCUT2D eigenvalue weighted by atomic mass is 9.44. The van der Waals surface area contributed by atoms with Crippen molar-refractivity contribution in [1.82, 2.24) is 0 Å². The number of hydrogen-bond donors (Lipinski definition) is 1. The van der Waals surface area contributed by atoms with Crippen molar-refractivity contribution in [2.45, 2.75) is 97.4 Å². The van der Waals surface area contributed by atoms with E-state index in [1.165, 1.54) is 13.8 Å². The molecule has 4 aliphatic carbocycles. The monoisotopic (exact) mass is 392 g/mol. The van der Waals surface area contributed by atoms with Gasteiger partial charge in [0, 0.05) is 25.2 Å². The van der Waals surface area contributed by atoms with Gasteiger partial charge in [-0.2, -0.15) is 0 Å². The first-order chi connectivity index (χ1) is 13.1. The van der Waals surface area contributed by atoms with E-state index >= 15 is 0 Å². The molecule has 0 bridgehead atoms. The van der Waals surface area contributed by atoms with Gasteiger partial charge < -0.3 is 14.6 Å². The number of rotatable bonds is 2. The normalized spacial score (nSPS) is 50.1. The Bertz CT molecular complexity index is 647. The second kappa shape index (κ2) is 7.00. The summed E-state index contributed by atoms with van der Waals surface area (Å²) in [5.41, 5.74) is 0.147. The predicted molar refractivity (Wildman–Crippen MR) is 104 cm³/mol. The van der Waals surface area contributed by atoms with Gasteiger partial charge in [0.2, 0.25) is 0 Å². The number of esters is 2. The van der Waals surface area contributed by atoms with Crippen molar-refractivity contribution in [3.8, 4) is 0 Å². The van der Waals surface area contributed by atoms with Crippen molar-refractivity contribution in [3.05, 3.63) is 0 Å². The SMILES string of the molecule is CC(=O)OC1C[C@@H]2[C@@H](CC[C@]3(C)C(OC(C)=O)CC[C@@H]23)[C@@]2(C)CCC(O)CC12. The lowest BCUT2D eigenvalue weighted by molar-refractivity contribution is -0.196. The minimum Gasteiger partial charge on any atom is -0.462 e. The lowest BCUT2D eigenvalue weighted by Crippen LogP contribution is -2.59. The molecule has 0 heterocycles. The molecule has 1 N–H and O–H groups in total. The highest BCUT2D eigenvalue weighted by molar-refractivity contribution is 5.66. The van der Waals surface area contributed by atoms with E-state index in [9.17, 15) is 14.7 Å². The molecule has 0 aromatic rings. The standard InChI is InChI=1S/C23H36O5/c1-13(24)27-20-12-16-17-5-6-21(28-14(2)25)23(17,4)10-8-18(16)22(3)9-7-15(26)11-19(20)22/h15-21,26H,5-12H2,1-4H3/t15?,16-,17-,18+,19?,20?,21?,22+,23-/m0/s1. The third-order valence-corrected chi connectivity index (χ3v) is 9.17. The van der Waals surface area contributed by atoms with Crippen LogP contribution in [0.2, 0.25) is 0 Å². The minimum absolute atomic E-state index is 0.0156. The molecule has 28 heavy (non-hydrogen) atoms. The lowest BCUT2D eigenvalue weighted by Gasteiger charge is -2.62. The van der Waals surface area contributed by atoms with Crippen molar-refractivity contribution >= 4 is 11.9 Å². The van der Waals surface area contributed by atoms with Gasteiger partial charge in [-0.05, 0) is 74.5 Å². The number of aliphatic hydroxyl groups excluding tert-OH is 1. The summed E-state index contributed by atoms with van der Waals surface area (Å²) in [6.45, 7) is 7.71. The number of carbonyl (C=O) groups excluding carboxylic acids is 2. The number of carbonyl (C=O) groups is 2. The Morgan fingerprint density at radius 1 is 0.821 bits per heavy atom. The second-order valence-electron chi connectivity index (χ2n) is 10.5. The maximum atomic E-state index is 11.9. The van der Waals surface area contributed by atoms with Crippen LogP contribution in [0.3, 0.4) is 0 Å². The molecule has 5 heteroatoms. The van der Waals surface area contributed by atoms with E-state index in [4.69, 9.17) is 9.47 Å². The largest absolute Gasteiger partial charge is 0.462 e. The molecule has 4 fully saturated rings. The van der Waals surface area contributed by atoms with E-state index in [1.54, 1.807) is 0 Å². The fourth-order valence-corrected chi connectivity index (χ4v) is 7.94. The molecular formula is C23H36O5. The molecule has 0 amide bonds. The maximum absolute atomic E-state index is 11.9. The molecule has 0 spiro atoms. The Labute approximate surface area is 168 Å². The van der Waals surface area contributed by atoms with Gasteiger partial charge in [-0.3, -0.25) is 9.59 Å². The van der Waals surface area contributed by atoms with Gasteiger partial charge in [-0.15, -0.1) is 0 Å². The molecule has 158 valence electrons. The molecule has 0 aromatic carbocycles. The number of ether oxygens (including phenoxy) is 2. The molecule has 4 unspecified atom stereocenters. The summed E-state index contributed by atoms with van der Waals surface area (Å²) < 4.78 is 11.6. The van der Waals surface area contributed by atoms with Gasteiger partial charge in [0.15, 0.2) is 0 Å². The molecule has 4 saturated carbocycles. The Morgan fingerprint density at radius 3 is 2.14 bits per heavy atom.